The van der Waals surface area contributed by atoms with Crippen LogP contribution in [0.3, 0.4) is 0 Å². The Hall–Kier alpha value is -3.32. The fraction of sp³-hybridized carbons (Fsp3) is 0.333. The lowest BCUT2D eigenvalue weighted by atomic mass is 9.94. The number of fused-ring (bicyclic) bond motifs is 1. The summed E-state index contributed by atoms with van der Waals surface area (Å²) in [6, 6.07) is 11.1. The number of rotatable bonds is 7. The van der Waals surface area contributed by atoms with Crippen molar-refractivity contribution in [2.24, 2.45) is 0 Å². The molecule has 4 rings (SSSR count). The molecule has 0 saturated carbocycles. The molecule has 1 aliphatic heterocycles. The molecule has 31 heavy (non-hydrogen) atoms. The summed E-state index contributed by atoms with van der Waals surface area (Å²) in [5.74, 6) is 0.711. The molecule has 162 valence electrons. The zero-order chi connectivity index (χ0) is 22.1. The highest BCUT2D eigenvalue weighted by molar-refractivity contribution is 6.00. The standard InChI is InChI=1S/C24H27N3O4/c1-4-31-17-8-5-7-16(13-17)22-19-20(18-12-14(2)11-15(3)23(18)29)25-26-21(19)24(30)27(22)9-6-10-28/h5,7-8,11-13,22,28-29H,4,6,9-10H2,1-3H3,(H,25,26)/t22-/m0/s1. The van der Waals surface area contributed by atoms with Crippen LogP contribution in [0.1, 0.15) is 52.1 Å². The van der Waals surface area contributed by atoms with E-state index in [9.17, 15) is 15.0 Å². The van der Waals surface area contributed by atoms with Crippen molar-refractivity contribution in [1.82, 2.24) is 15.1 Å². The predicted octanol–water partition coefficient (Wildman–Crippen LogP) is 3.73. The molecule has 3 aromatic rings. The number of aromatic nitrogens is 2. The van der Waals surface area contributed by atoms with Gasteiger partial charge in [-0.15, -0.1) is 0 Å². The Morgan fingerprint density at radius 2 is 2.03 bits per heavy atom. The highest BCUT2D eigenvalue weighted by Crippen LogP contribution is 2.45. The summed E-state index contributed by atoms with van der Waals surface area (Å²) in [4.78, 5) is 15.0. The summed E-state index contributed by atoms with van der Waals surface area (Å²) < 4.78 is 5.68. The molecule has 0 radical (unpaired) electrons. The Kier molecular flexibility index (Phi) is 5.69. The number of hydrogen-bond acceptors (Lipinski definition) is 5. The van der Waals surface area contributed by atoms with Gasteiger partial charge in [0.25, 0.3) is 5.91 Å². The van der Waals surface area contributed by atoms with Crippen LogP contribution in [0.25, 0.3) is 11.3 Å². The van der Waals surface area contributed by atoms with Gasteiger partial charge in [-0.3, -0.25) is 9.89 Å². The third-order valence-electron chi connectivity index (χ3n) is 5.61. The second-order valence-electron chi connectivity index (χ2n) is 7.82. The Morgan fingerprint density at radius 1 is 1.23 bits per heavy atom. The van der Waals surface area contributed by atoms with Crippen LogP contribution >= 0.6 is 0 Å². The summed E-state index contributed by atoms with van der Waals surface area (Å²) in [7, 11) is 0. The number of aromatic amines is 1. The van der Waals surface area contributed by atoms with Crippen molar-refractivity contribution in [2.45, 2.75) is 33.2 Å². The number of nitrogens with one attached hydrogen (secondary N) is 1. The van der Waals surface area contributed by atoms with Gasteiger partial charge in [0.05, 0.1) is 12.6 Å². The molecule has 0 saturated heterocycles. The minimum atomic E-state index is -0.400. The number of phenolic OH excluding ortho intramolecular Hbond substituents is 1. The summed E-state index contributed by atoms with van der Waals surface area (Å²) in [5.41, 5.74) is 4.95. The predicted molar refractivity (Wildman–Crippen MR) is 117 cm³/mol. The van der Waals surface area contributed by atoms with E-state index in [1.54, 1.807) is 4.90 Å². The molecule has 1 aromatic heterocycles. The maximum absolute atomic E-state index is 13.2. The van der Waals surface area contributed by atoms with Gasteiger partial charge in [0, 0.05) is 24.3 Å². The number of aromatic hydroxyl groups is 1. The average molecular weight is 421 g/mol. The number of nitrogens with zero attached hydrogens (tertiary/aromatic N) is 2. The topological polar surface area (TPSA) is 98.7 Å². The number of H-pyrrole nitrogens is 1. The SMILES string of the molecule is CCOc1cccc([C@H]2c3c(-c4cc(C)cc(C)c4O)n[nH]c3C(=O)N2CCCO)c1. The molecule has 1 atom stereocenters. The van der Waals surface area contributed by atoms with Gasteiger partial charge in [0.1, 0.15) is 22.9 Å². The molecule has 0 aliphatic carbocycles. The number of carbonyl (C=O) groups is 1. The highest BCUT2D eigenvalue weighted by atomic mass is 16.5. The van der Waals surface area contributed by atoms with Gasteiger partial charge < -0.3 is 19.8 Å². The maximum Gasteiger partial charge on any atom is 0.273 e. The monoisotopic (exact) mass is 421 g/mol. The van der Waals surface area contributed by atoms with Crippen molar-refractivity contribution in [1.29, 1.82) is 0 Å². The fourth-order valence-corrected chi connectivity index (χ4v) is 4.30. The molecule has 2 heterocycles. The van der Waals surface area contributed by atoms with Crippen molar-refractivity contribution < 1.29 is 19.7 Å². The minimum Gasteiger partial charge on any atom is -0.507 e. The number of aliphatic hydroxyl groups is 1. The first-order valence-electron chi connectivity index (χ1n) is 10.5. The first-order chi connectivity index (χ1) is 15.0. The van der Waals surface area contributed by atoms with E-state index < -0.39 is 6.04 Å². The normalized spacial score (nSPS) is 15.4. The molecule has 1 aliphatic rings. The summed E-state index contributed by atoms with van der Waals surface area (Å²) >= 11 is 0. The van der Waals surface area contributed by atoms with E-state index in [2.05, 4.69) is 10.2 Å². The maximum atomic E-state index is 13.2. The van der Waals surface area contributed by atoms with Gasteiger partial charge in [0.15, 0.2) is 0 Å². The van der Waals surface area contributed by atoms with E-state index in [1.807, 2.05) is 57.2 Å². The first kappa shape index (κ1) is 20.9. The molecule has 0 bridgehead atoms. The third kappa shape index (κ3) is 3.65. The molecular formula is C24H27N3O4. The number of aliphatic hydroxyl groups excluding tert-OH is 1. The lowest BCUT2D eigenvalue weighted by Crippen LogP contribution is -2.31. The number of benzene rings is 2. The quantitative estimate of drug-likeness (QED) is 0.540. The van der Waals surface area contributed by atoms with Crippen molar-refractivity contribution in [3.05, 3.63) is 64.3 Å². The van der Waals surface area contributed by atoms with Crippen molar-refractivity contribution in [3.63, 3.8) is 0 Å². The largest absolute Gasteiger partial charge is 0.507 e. The lowest BCUT2D eigenvalue weighted by molar-refractivity contribution is 0.0732. The molecule has 0 unspecified atom stereocenters. The molecule has 2 aromatic carbocycles. The van der Waals surface area contributed by atoms with Crippen LogP contribution in [-0.2, 0) is 0 Å². The van der Waals surface area contributed by atoms with Crippen LogP contribution < -0.4 is 4.74 Å². The lowest BCUT2D eigenvalue weighted by Gasteiger charge is -2.26. The zero-order valence-corrected chi connectivity index (χ0v) is 18.0. The van der Waals surface area contributed by atoms with Crippen LogP contribution in [0.4, 0.5) is 0 Å². The first-order valence-corrected chi connectivity index (χ1v) is 10.5. The van der Waals surface area contributed by atoms with E-state index in [4.69, 9.17) is 4.74 Å². The second kappa shape index (κ2) is 8.43. The molecule has 7 nitrogen and oxygen atoms in total. The van der Waals surface area contributed by atoms with Crippen molar-refractivity contribution in [3.8, 4) is 22.8 Å². The molecule has 3 N–H and O–H groups in total. The second-order valence-corrected chi connectivity index (χ2v) is 7.82. The number of phenols is 1. The van der Waals surface area contributed by atoms with E-state index >= 15 is 0 Å². The van der Waals surface area contributed by atoms with Crippen LogP contribution in [-0.4, -0.2) is 51.0 Å². The van der Waals surface area contributed by atoms with Crippen LogP contribution in [0.15, 0.2) is 36.4 Å². The van der Waals surface area contributed by atoms with Gasteiger partial charge in [0.2, 0.25) is 0 Å². The van der Waals surface area contributed by atoms with Crippen molar-refractivity contribution in [2.75, 3.05) is 19.8 Å². The van der Waals surface area contributed by atoms with Crippen molar-refractivity contribution >= 4 is 5.91 Å². The third-order valence-corrected chi connectivity index (χ3v) is 5.61. The van der Waals surface area contributed by atoms with Crippen LogP contribution in [0.2, 0.25) is 0 Å². The summed E-state index contributed by atoms with van der Waals surface area (Å²) in [6.45, 7) is 6.67. The zero-order valence-electron chi connectivity index (χ0n) is 18.0. The van der Waals surface area contributed by atoms with Crippen LogP contribution in [0.5, 0.6) is 11.5 Å². The highest BCUT2D eigenvalue weighted by Gasteiger charge is 2.42. The van der Waals surface area contributed by atoms with Gasteiger partial charge in [-0.25, -0.2) is 0 Å². The molecular weight excluding hydrogens is 394 g/mol. The Bertz CT molecular complexity index is 1120. The van der Waals surface area contributed by atoms with E-state index in [0.29, 0.717) is 36.5 Å². The Balaban J connectivity index is 1.90. The van der Waals surface area contributed by atoms with E-state index in [-0.39, 0.29) is 18.3 Å². The molecule has 0 fully saturated rings. The number of carbonyl (C=O) groups excluding carboxylic acids is 1. The number of hydrogen-bond donors (Lipinski definition) is 3. The van der Waals surface area contributed by atoms with E-state index in [0.717, 1.165) is 28.0 Å². The Labute approximate surface area is 181 Å². The average Bonchev–Trinajstić information content (AvgIpc) is 3.28. The number of ether oxygens (including phenoxy) is 1. The summed E-state index contributed by atoms with van der Waals surface area (Å²) in [5, 5.41) is 27.5. The van der Waals surface area contributed by atoms with Crippen LogP contribution in [0, 0.1) is 13.8 Å². The Morgan fingerprint density at radius 3 is 2.77 bits per heavy atom. The van der Waals surface area contributed by atoms with Gasteiger partial charge in [-0.1, -0.05) is 18.2 Å². The van der Waals surface area contributed by atoms with Gasteiger partial charge in [-0.2, -0.15) is 5.10 Å². The smallest absolute Gasteiger partial charge is 0.273 e. The van der Waals surface area contributed by atoms with E-state index in [1.165, 1.54) is 0 Å². The molecule has 1 amide bonds. The summed E-state index contributed by atoms with van der Waals surface area (Å²) in [6.07, 6.45) is 0.467. The van der Waals surface area contributed by atoms with Gasteiger partial charge in [-0.05, 0) is 62.1 Å². The number of amides is 1. The fourth-order valence-electron chi connectivity index (χ4n) is 4.30. The molecule has 0 spiro atoms. The molecule has 7 heteroatoms. The number of aryl methyl sites for hydroxylation is 2. The minimum absolute atomic E-state index is 0.00755. The van der Waals surface area contributed by atoms with Gasteiger partial charge >= 0.3 is 0 Å².